The number of carbonyl (C=O) groups excluding carboxylic acids is 1. The first kappa shape index (κ1) is 15.8. The van der Waals surface area contributed by atoms with E-state index in [9.17, 15) is 4.79 Å². The summed E-state index contributed by atoms with van der Waals surface area (Å²) in [6.07, 6.45) is 5.27. The molecular formula is C18H22N4O3. The minimum absolute atomic E-state index is 0.346. The van der Waals surface area contributed by atoms with E-state index >= 15 is 0 Å². The van der Waals surface area contributed by atoms with Crippen molar-refractivity contribution >= 4 is 17.5 Å². The zero-order valence-electron chi connectivity index (χ0n) is 14.4. The van der Waals surface area contributed by atoms with Crippen LogP contribution in [0.5, 0.6) is 11.5 Å². The highest BCUT2D eigenvalue weighted by molar-refractivity contribution is 5.99. The van der Waals surface area contributed by atoms with Crippen LogP contribution < -0.4 is 20.1 Å². The highest BCUT2D eigenvalue weighted by atomic mass is 16.7. The van der Waals surface area contributed by atoms with Crippen molar-refractivity contribution in [2.45, 2.75) is 51.7 Å². The van der Waals surface area contributed by atoms with E-state index in [0.29, 0.717) is 17.3 Å². The predicted molar refractivity (Wildman–Crippen MR) is 94.2 cm³/mol. The summed E-state index contributed by atoms with van der Waals surface area (Å²) in [6, 6.07) is 5.12. The summed E-state index contributed by atoms with van der Waals surface area (Å²) in [7, 11) is 0. The lowest BCUT2D eigenvalue weighted by molar-refractivity contribution is -0.105. The summed E-state index contributed by atoms with van der Waals surface area (Å²) >= 11 is 0. The second kappa shape index (κ2) is 5.98. The van der Waals surface area contributed by atoms with Crippen LogP contribution in [0.4, 0.5) is 16.3 Å². The molecule has 1 aliphatic heterocycles. The lowest BCUT2D eigenvalue weighted by Gasteiger charge is -2.31. The maximum absolute atomic E-state index is 12.2. The molecule has 1 aromatic heterocycles. The number of hydrogen-bond acceptors (Lipinski definition) is 4. The molecule has 1 aliphatic carbocycles. The highest BCUT2D eigenvalue weighted by Crippen LogP contribution is 2.46. The minimum atomic E-state index is -0.509. The molecule has 1 fully saturated rings. The van der Waals surface area contributed by atoms with E-state index in [0.717, 1.165) is 42.7 Å². The maximum atomic E-state index is 12.2. The molecule has 2 aromatic rings. The summed E-state index contributed by atoms with van der Waals surface area (Å²) in [5, 5.41) is 12.5. The van der Waals surface area contributed by atoms with E-state index in [1.807, 2.05) is 26.0 Å². The smallest absolute Gasteiger partial charge is 0.324 e. The van der Waals surface area contributed by atoms with Gasteiger partial charge in [-0.1, -0.05) is 6.42 Å². The fourth-order valence-electron chi connectivity index (χ4n) is 3.34. The van der Waals surface area contributed by atoms with E-state index in [2.05, 4.69) is 20.8 Å². The van der Waals surface area contributed by atoms with Crippen LogP contribution in [0.2, 0.25) is 0 Å². The van der Waals surface area contributed by atoms with Crippen LogP contribution >= 0.6 is 0 Å². The first-order valence-corrected chi connectivity index (χ1v) is 8.66. The van der Waals surface area contributed by atoms with Gasteiger partial charge in [0.25, 0.3) is 5.79 Å². The van der Waals surface area contributed by atoms with Gasteiger partial charge in [-0.2, -0.15) is 5.10 Å². The molecule has 0 saturated heterocycles. The number of fused-ring (bicyclic) bond motifs is 1. The molecule has 2 heterocycles. The van der Waals surface area contributed by atoms with Crippen LogP contribution in [0, 0.1) is 13.8 Å². The SMILES string of the molecule is Cc1[nH]nc(NC(=O)Nc2ccc3c(c2)OC2(CCCCC2)O3)c1C. The Labute approximate surface area is 146 Å². The van der Waals surface area contributed by atoms with E-state index < -0.39 is 5.79 Å². The van der Waals surface area contributed by atoms with Crippen molar-refractivity contribution in [3.05, 3.63) is 29.5 Å². The number of aromatic nitrogens is 2. The zero-order valence-corrected chi connectivity index (χ0v) is 14.4. The van der Waals surface area contributed by atoms with Gasteiger partial charge < -0.3 is 14.8 Å². The predicted octanol–water partition coefficient (Wildman–Crippen LogP) is 4.10. The molecule has 25 heavy (non-hydrogen) atoms. The second-order valence-corrected chi connectivity index (χ2v) is 6.74. The molecule has 4 rings (SSSR count). The number of H-pyrrole nitrogens is 1. The average Bonchev–Trinajstić information content (AvgIpc) is 3.09. The van der Waals surface area contributed by atoms with Crippen LogP contribution in [-0.4, -0.2) is 22.0 Å². The molecule has 7 heteroatoms. The molecule has 0 unspecified atom stereocenters. The van der Waals surface area contributed by atoms with Gasteiger partial charge >= 0.3 is 6.03 Å². The van der Waals surface area contributed by atoms with Gasteiger partial charge in [-0.25, -0.2) is 4.79 Å². The minimum Gasteiger partial charge on any atom is -0.448 e. The summed E-state index contributed by atoms with van der Waals surface area (Å²) in [4.78, 5) is 12.2. The number of nitrogens with zero attached hydrogens (tertiary/aromatic N) is 1. The molecule has 0 atom stereocenters. The van der Waals surface area contributed by atoms with Crippen LogP contribution in [0.1, 0.15) is 43.4 Å². The van der Waals surface area contributed by atoms with Crippen LogP contribution in [0.25, 0.3) is 0 Å². The van der Waals surface area contributed by atoms with E-state index in [-0.39, 0.29) is 6.03 Å². The maximum Gasteiger partial charge on any atom is 0.324 e. The molecule has 3 N–H and O–H groups in total. The zero-order chi connectivity index (χ0) is 17.4. The number of anilines is 2. The van der Waals surface area contributed by atoms with Crippen molar-refractivity contribution in [2.24, 2.45) is 0 Å². The summed E-state index contributed by atoms with van der Waals surface area (Å²) in [6.45, 7) is 3.81. The molecule has 132 valence electrons. The van der Waals surface area contributed by atoms with Crippen molar-refractivity contribution in [3.8, 4) is 11.5 Å². The van der Waals surface area contributed by atoms with Crippen molar-refractivity contribution in [3.63, 3.8) is 0 Å². The number of amides is 2. The second-order valence-electron chi connectivity index (χ2n) is 6.74. The van der Waals surface area contributed by atoms with E-state index in [1.165, 1.54) is 6.42 Å². The number of urea groups is 1. The molecule has 1 saturated carbocycles. The number of rotatable bonds is 2. The van der Waals surface area contributed by atoms with Gasteiger partial charge in [0.1, 0.15) is 0 Å². The number of benzene rings is 1. The van der Waals surface area contributed by atoms with Crippen molar-refractivity contribution < 1.29 is 14.3 Å². The average molecular weight is 342 g/mol. The summed E-state index contributed by atoms with van der Waals surface area (Å²) in [5.74, 6) is 1.44. The molecule has 0 bridgehead atoms. The number of nitrogens with one attached hydrogen (secondary N) is 3. The van der Waals surface area contributed by atoms with Crippen LogP contribution in [0.3, 0.4) is 0 Å². The van der Waals surface area contributed by atoms with Gasteiger partial charge in [0.2, 0.25) is 0 Å². The highest BCUT2D eigenvalue weighted by Gasteiger charge is 2.42. The molecule has 7 nitrogen and oxygen atoms in total. The topological polar surface area (TPSA) is 88.3 Å². The fourth-order valence-corrected chi connectivity index (χ4v) is 3.34. The Balaban J connectivity index is 1.44. The number of hydrogen-bond donors (Lipinski definition) is 3. The third kappa shape index (κ3) is 3.01. The first-order valence-electron chi connectivity index (χ1n) is 8.66. The van der Waals surface area contributed by atoms with Gasteiger partial charge in [0.15, 0.2) is 17.3 Å². The van der Waals surface area contributed by atoms with Crippen LogP contribution in [0.15, 0.2) is 18.2 Å². The van der Waals surface area contributed by atoms with Crippen molar-refractivity contribution in [1.29, 1.82) is 0 Å². The quantitative estimate of drug-likeness (QED) is 0.766. The molecular weight excluding hydrogens is 320 g/mol. The molecule has 2 aliphatic rings. The lowest BCUT2D eigenvalue weighted by Crippen LogP contribution is -2.40. The lowest BCUT2D eigenvalue weighted by atomic mass is 9.94. The van der Waals surface area contributed by atoms with Gasteiger partial charge in [0.05, 0.1) is 0 Å². The Hall–Kier alpha value is -2.70. The number of carbonyl (C=O) groups is 1. The summed E-state index contributed by atoms with van der Waals surface area (Å²) < 4.78 is 12.1. The van der Waals surface area contributed by atoms with Crippen LogP contribution in [-0.2, 0) is 0 Å². The Bertz CT molecular complexity index is 809. The molecule has 1 spiro atoms. The van der Waals surface area contributed by atoms with Crippen molar-refractivity contribution in [1.82, 2.24) is 10.2 Å². The third-order valence-corrected chi connectivity index (χ3v) is 4.89. The fraction of sp³-hybridized carbons (Fsp3) is 0.444. The van der Waals surface area contributed by atoms with E-state index in [1.54, 1.807) is 6.07 Å². The van der Waals surface area contributed by atoms with Gasteiger partial charge in [-0.3, -0.25) is 10.4 Å². The largest absolute Gasteiger partial charge is 0.448 e. The first-order chi connectivity index (χ1) is 12.0. The Morgan fingerprint density at radius 1 is 1.12 bits per heavy atom. The number of aromatic amines is 1. The molecule has 0 radical (unpaired) electrons. The molecule has 1 aromatic carbocycles. The number of aryl methyl sites for hydroxylation is 1. The Kier molecular flexibility index (Phi) is 3.78. The Morgan fingerprint density at radius 3 is 2.60 bits per heavy atom. The van der Waals surface area contributed by atoms with Gasteiger partial charge in [-0.05, 0) is 38.8 Å². The standard InChI is InChI=1S/C18H22N4O3/c1-11-12(2)21-22-16(11)20-17(23)19-13-6-7-14-15(10-13)25-18(24-14)8-4-3-5-9-18/h6-7,10H,3-5,8-9H2,1-2H3,(H3,19,20,21,22,23). The Morgan fingerprint density at radius 2 is 1.88 bits per heavy atom. The van der Waals surface area contributed by atoms with Crippen molar-refractivity contribution in [2.75, 3.05) is 10.6 Å². The van der Waals surface area contributed by atoms with Gasteiger partial charge in [0, 0.05) is 35.9 Å². The molecule has 2 amide bonds. The van der Waals surface area contributed by atoms with E-state index in [4.69, 9.17) is 9.47 Å². The number of ether oxygens (including phenoxy) is 2. The summed E-state index contributed by atoms with van der Waals surface area (Å²) in [5.41, 5.74) is 2.49. The monoisotopic (exact) mass is 342 g/mol. The normalized spacial score (nSPS) is 17.5. The third-order valence-electron chi connectivity index (χ3n) is 4.89. The van der Waals surface area contributed by atoms with Gasteiger partial charge in [-0.15, -0.1) is 0 Å².